The van der Waals surface area contributed by atoms with Gasteiger partial charge in [0.15, 0.2) is 0 Å². The molecule has 1 fully saturated rings. The molecule has 3 heteroatoms. The van der Waals surface area contributed by atoms with Gasteiger partial charge in [0.1, 0.15) is 5.54 Å². The molecule has 0 saturated heterocycles. The normalized spacial score (nSPS) is 26.6. The van der Waals surface area contributed by atoms with Gasteiger partial charge in [-0.3, -0.25) is 5.32 Å². The zero-order valence-electron chi connectivity index (χ0n) is 14.1. The van der Waals surface area contributed by atoms with E-state index in [9.17, 15) is 5.26 Å². The minimum atomic E-state index is -0.275. The van der Waals surface area contributed by atoms with Crippen LogP contribution in [0.25, 0.3) is 0 Å². The molecule has 1 aliphatic carbocycles. The monoisotopic (exact) mass is 279 g/mol. The highest BCUT2D eigenvalue weighted by Gasteiger charge is 2.43. The molecule has 116 valence electrons. The largest absolute Gasteiger partial charge is 0.303 e. The van der Waals surface area contributed by atoms with Crippen LogP contribution in [-0.4, -0.2) is 36.1 Å². The maximum atomic E-state index is 9.68. The number of hydrogen-bond donors (Lipinski definition) is 1. The molecule has 0 spiro atoms. The molecule has 2 atom stereocenters. The molecular weight excluding hydrogens is 246 g/mol. The summed E-state index contributed by atoms with van der Waals surface area (Å²) in [5.74, 6) is 0.506. The number of nitriles is 1. The van der Waals surface area contributed by atoms with E-state index in [1.807, 2.05) is 0 Å². The summed E-state index contributed by atoms with van der Waals surface area (Å²) in [4.78, 5) is 2.48. The highest BCUT2D eigenvalue weighted by atomic mass is 15.1. The van der Waals surface area contributed by atoms with Crippen molar-refractivity contribution in [1.82, 2.24) is 10.2 Å². The Hall–Kier alpha value is -0.590. The highest BCUT2D eigenvalue weighted by molar-refractivity contribution is 5.14. The van der Waals surface area contributed by atoms with E-state index in [4.69, 9.17) is 0 Å². The van der Waals surface area contributed by atoms with E-state index in [0.717, 1.165) is 19.4 Å². The second-order valence-electron chi connectivity index (χ2n) is 6.71. The Bertz CT molecular complexity index is 317. The molecule has 3 nitrogen and oxygen atoms in total. The first kappa shape index (κ1) is 17.5. The Balaban J connectivity index is 2.59. The predicted molar refractivity (Wildman–Crippen MR) is 85.6 cm³/mol. The van der Waals surface area contributed by atoms with E-state index in [2.05, 4.69) is 51.0 Å². The zero-order chi connectivity index (χ0) is 15.2. The summed E-state index contributed by atoms with van der Waals surface area (Å²) < 4.78 is 0. The van der Waals surface area contributed by atoms with E-state index in [0.29, 0.717) is 18.0 Å². The van der Waals surface area contributed by atoms with Crippen molar-refractivity contribution in [2.24, 2.45) is 5.92 Å². The number of rotatable bonds is 8. The van der Waals surface area contributed by atoms with Gasteiger partial charge in [-0.05, 0) is 65.5 Å². The molecule has 0 aromatic heterocycles. The van der Waals surface area contributed by atoms with Gasteiger partial charge in [-0.15, -0.1) is 0 Å². The van der Waals surface area contributed by atoms with Crippen molar-refractivity contribution >= 4 is 0 Å². The van der Waals surface area contributed by atoms with Gasteiger partial charge < -0.3 is 4.90 Å². The number of nitrogens with zero attached hydrogens (tertiary/aromatic N) is 2. The first-order chi connectivity index (χ1) is 9.49. The summed E-state index contributed by atoms with van der Waals surface area (Å²) in [5.41, 5.74) is -0.275. The third-order valence-electron chi connectivity index (χ3n) is 4.96. The van der Waals surface area contributed by atoms with Crippen LogP contribution in [0, 0.1) is 17.2 Å². The maximum absolute atomic E-state index is 9.68. The van der Waals surface area contributed by atoms with Gasteiger partial charge in [-0.2, -0.15) is 5.26 Å². The Morgan fingerprint density at radius 3 is 2.50 bits per heavy atom. The van der Waals surface area contributed by atoms with Gasteiger partial charge in [-0.1, -0.05) is 20.3 Å². The number of nitrogens with one attached hydrogen (secondary N) is 1. The van der Waals surface area contributed by atoms with Crippen molar-refractivity contribution in [1.29, 1.82) is 5.26 Å². The van der Waals surface area contributed by atoms with Gasteiger partial charge in [0.2, 0.25) is 0 Å². The lowest BCUT2D eigenvalue weighted by atomic mass is 9.85. The van der Waals surface area contributed by atoms with Crippen LogP contribution in [-0.2, 0) is 0 Å². The van der Waals surface area contributed by atoms with Crippen molar-refractivity contribution in [3.8, 4) is 6.07 Å². The van der Waals surface area contributed by atoms with Gasteiger partial charge in [0.05, 0.1) is 6.07 Å². The number of hydrogen-bond acceptors (Lipinski definition) is 3. The second-order valence-corrected chi connectivity index (χ2v) is 6.71. The van der Waals surface area contributed by atoms with Crippen molar-refractivity contribution in [2.45, 2.75) is 83.8 Å². The molecule has 2 unspecified atom stereocenters. The minimum Gasteiger partial charge on any atom is -0.303 e. The van der Waals surface area contributed by atoms with E-state index in [-0.39, 0.29) is 5.54 Å². The van der Waals surface area contributed by atoms with Crippen LogP contribution in [0.3, 0.4) is 0 Å². The minimum absolute atomic E-state index is 0.275. The third-order valence-corrected chi connectivity index (χ3v) is 4.96. The first-order valence-electron chi connectivity index (χ1n) is 8.38. The maximum Gasteiger partial charge on any atom is 0.109 e. The van der Waals surface area contributed by atoms with E-state index in [1.54, 1.807) is 0 Å². The summed E-state index contributed by atoms with van der Waals surface area (Å²) in [6.07, 6.45) is 6.97. The molecule has 0 aromatic rings. The smallest absolute Gasteiger partial charge is 0.109 e. The Labute approximate surface area is 125 Å². The van der Waals surface area contributed by atoms with Crippen molar-refractivity contribution in [3.63, 3.8) is 0 Å². The average Bonchev–Trinajstić information content (AvgIpc) is 2.80. The lowest BCUT2D eigenvalue weighted by Gasteiger charge is -2.34. The predicted octanol–water partition coefficient (Wildman–Crippen LogP) is 3.56. The Kier molecular flexibility index (Phi) is 6.99. The summed E-state index contributed by atoms with van der Waals surface area (Å²) in [6, 6.07) is 3.68. The van der Waals surface area contributed by atoms with E-state index >= 15 is 0 Å². The van der Waals surface area contributed by atoms with E-state index < -0.39 is 0 Å². The SMILES string of the molecule is CCC(CC)N(C)CCC1CCCC1(C#N)NC(C)C. The van der Waals surface area contributed by atoms with Gasteiger partial charge in [0.25, 0.3) is 0 Å². The van der Waals surface area contributed by atoms with Crippen LogP contribution < -0.4 is 5.32 Å². The molecule has 0 aromatic carbocycles. The summed E-state index contributed by atoms with van der Waals surface area (Å²) in [6.45, 7) is 9.93. The molecule has 1 aliphatic rings. The van der Waals surface area contributed by atoms with Crippen molar-refractivity contribution in [3.05, 3.63) is 0 Å². The molecule has 1 N–H and O–H groups in total. The lowest BCUT2D eigenvalue weighted by Crippen LogP contribution is -2.51. The van der Waals surface area contributed by atoms with Crippen LogP contribution in [0.2, 0.25) is 0 Å². The average molecular weight is 279 g/mol. The third kappa shape index (κ3) is 4.20. The standard InChI is InChI=1S/C17H33N3/c1-6-16(7-2)20(5)12-10-15-9-8-11-17(15,13-18)19-14(3)4/h14-16,19H,6-12H2,1-5H3. The second kappa shape index (κ2) is 8.00. The Morgan fingerprint density at radius 2 is 2.00 bits per heavy atom. The van der Waals surface area contributed by atoms with Gasteiger partial charge in [0, 0.05) is 12.1 Å². The van der Waals surface area contributed by atoms with Crippen LogP contribution in [0.15, 0.2) is 0 Å². The molecule has 0 aliphatic heterocycles. The molecule has 0 bridgehead atoms. The topological polar surface area (TPSA) is 39.1 Å². The summed E-state index contributed by atoms with van der Waals surface area (Å²) in [5, 5.41) is 13.2. The fourth-order valence-electron chi connectivity index (χ4n) is 3.81. The molecule has 0 radical (unpaired) electrons. The fourth-order valence-corrected chi connectivity index (χ4v) is 3.81. The van der Waals surface area contributed by atoms with Crippen LogP contribution in [0.4, 0.5) is 0 Å². The van der Waals surface area contributed by atoms with Crippen LogP contribution in [0.1, 0.15) is 66.2 Å². The first-order valence-corrected chi connectivity index (χ1v) is 8.38. The molecule has 1 rings (SSSR count). The Morgan fingerprint density at radius 1 is 1.35 bits per heavy atom. The lowest BCUT2D eigenvalue weighted by molar-refractivity contribution is 0.193. The molecular formula is C17H33N3. The van der Waals surface area contributed by atoms with Gasteiger partial charge >= 0.3 is 0 Å². The molecule has 0 amide bonds. The van der Waals surface area contributed by atoms with Crippen LogP contribution >= 0.6 is 0 Å². The fraction of sp³-hybridized carbons (Fsp3) is 0.941. The molecule has 0 heterocycles. The van der Waals surface area contributed by atoms with Crippen molar-refractivity contribution in [2.75, 3.05) is 13.6 Å². The van der Waals surface area contributed by atoms with Gasteiger partial charge in [-0.25, -0.2) is 0 Å². The van der Waals surface area contributed by atoms with E-state index in [1.165, 1.54) is 25.7 Å². The highest BCUT2D eigenvalue weighted by Crippen LogP contribution is 2.38. The zero-order valence-corrected chi connectivity index (χ0v) is 14.1. The summed E-state index contributed by atoms with van der Waals surface area (Å²) >= 11 is 0. The molecule has 20 heavy (non-hydrogen) atoms. The summed E-state index contributed by atoms with van der Waals surface area (Å²) in [7, 11) is 2.23. The van der Waals surface area contributed by atoms with Crippen molar-refractivity contribution < 1.29 is 0 Å². The molecule has 1 saturated carbocycles. The van der Waals surface area contributed by atoms with Crippen LogP contribution in [0.5, 0.6) is 0 Å². The quantitative estimate of drug-likeness (QED) is 0.738.